The number of benzene rings is 1. The molecule has 0 radical (unpaired) electrons. The molecule has 1 rings (SSSR count). The second-order valence-electron chi connectivity index (χ2n) is 3.36. The zero-order chi connectivity index (χ0) is 10.6. The quantitative estimate of drug-likeness (QED) is 0.870. The van der Waals surface area contributed by atoms with Crippen LogP contribution in [0.4, 0.5) is 5.69 Å². The van der Waals surface area contributed by atoms with E-state index in [0.717, 1.165) is 16.6 Å². The van der Waals surface area contributed by atoms with Crippen molar-refractivity contribution in [2.45, 2.75) is 26.4 Å². The van der Waals surface area contributed by atoms with E-state index in [9.17, 15) is 5.11 Å². The first kappa shape index (κ1) is 11.5. The number of halogens is 1. The first-order valence-electron chi connectivity index (χ1n) is 4.82. The number of aliphatic hydroxyl groups excluding tert-OH is 1. The van der Waals surface area contributed by atoms with Gasteiger partial charge in [0.2, 0.25) is 0 Å². The van der Waals surface area contributed by atoms with Gasteiger partial charge in [0.15, 0.2) is 0 Å². The monoisotopic (exact) mass is 257 g/mol. The third-order valence-corrected chi connectivity index (χ3v) is 3.13. The van der Waals surface area contributed by atoms with Gasteiger partial charge in [-0.1, -0.05) is 28.9 Å². The van der Waals surface area contributed by atoms with Crippen LogP contribution < -0.4 is 5.32 Å². The Labute approximate surface area is 93.5 Å². The molecular formula is C11H16BrNO. The number of hydrogen-bond acceptors (Lipinski definition) is 2. The Bertz CT molecular complexity index is 301. The molecule has 3 heteroatoms. The Kier molecular flexibility index (Phi) is 4.42. The van der Waals surface area contributed by atoms with Gasteiger partial charge in [0, 0.05) is 16.7 Å². The van der Waals surface area contributed by atoms with Crippen LogP contribution in [-0.4, -0.2) is 17.8 Å². The first-order valence-corrected chi connectivity index (χ1v) is 5.61. The summed E-state index contributed by atoms with van der Waals surface area (Å²) in [5.74, 6) is 0. The van der Waals surface area contributed by atoms with Crippen LogP contribution in [0.5, 0.6) is 0 Å². The molecule has 2 nitrogen and oxygen atoms in total. The van der Waals surface area contributed by atoms with Gasteiger partial charge in [0.1, 0.15) is 0 Å². The van der Waals surface area contributed by atoms with Gasteiger partial charge >= 0.3 is 0 Å². The second-order valence-corrected chi connectivity index (χ2v) is 4.21. The van der Waals surface area contributed by atoms with E-state index >= 15 is 0 Å². The maximum absolute atomic E-state index is 9.41. The van der Waals surface area contributed by atoms with Gasteiger partial charge in [-0.25, -0.2) is 0 Å². The zero-order valence-corrected chi connectivity index (χ0v) is 10.1. The predicted molar refractivity (Wildman–Crippen MR) is 63.7 cm³/mol. The molecule has 1 aromatic carbocycles. The third kappa shape index (κ3) is 3.00. The van der Waals surface area contributed by atoms with Gasteiger partial charge < -0.3 is 10.4 Å². The molecule has 1 atom stereocenters. The minimum absolute atomic E-state index is 0.270. The fraction of sp³-hybridized carbons (Fsp3) is 0.455. The van der Waals surface area contributed by atoms with Crippen molar-refractivity contribution in [2.24, 2.45) is 0 Å². The van der Waals surface area contributed by atoms with Gasteiger partial charge in [-0.2, -0.15) is 0 Å². The number of hydrogen-bond donors (Lipinski definition) is 2. The lowest BCUT2D eigenvalue weighted by Gasteiger charge is -2.13. The van der Waals surface area contributed by atoms with Crippen LogP contribution in [0.15, 0.2) is 22.7 Å². The van der Waals surface area contributed by atoms with Gasteiger partial charge in [-0.3, -0.25) is 0 Å². The predicted octanol–water partition coefficient (Wildman–Crippen LogP) is 2.94. The number of rotatable bonds is 4. The summed E-state index contributed by atoms with van der Waals surface area (Å²) in [5.41, 5.74) is 2.25. The Morgan fingerprint density at radius 3 is 2.86 bits per heavy atom. The summed E-state index contributed by atoms with van der Waals surface area (Å²) in [6, 6.07) is 6.01. The van der Waals surface area contributed by atoms with Crippen molar-refractivity contribution in [1.82, 2.24) is 0 Å². The third-order valence-electron chi connectivity index (χ3n) is 2.27. The average Bonchev–Trinajstić information content (AvgIpc) is 2.20. The average molecular weight is 258 g/mol. The topological polar surface area (TPSA) is 32.3 Å². The highest BCUT2D eigenvalue weighted by atomic mass is 79.9. The van der Waals surface area contributed by atoms with Crippen molar-refractivity contribution in [1.29, 1.82) is 0 Å². The first-order chi connectivity index (χ1) is 6.65. The molecule has 1 unspecified atom stereocenters. The van der Waals surface area contributed by atoms with Crippen LogP contribution in [0.25, 0.3) is 0 Å². The largest absolute Gasteiger partial charge is 0.391 e. The molecule has 0 saturated heterocycles. The van der Waals surface area contributed by atoms with Crippen LogP contribution in [0, 0.1) is 6.92 Å². The highest BCUT2D eigenvalue weighted by molar-refractivity contribution is 9.10. The van der Waals surface area contributed by atoms with Gasteiger partial charge in [-0.15, -0.1) is 0 Å². The minimum atomic E-state index is -0.270. The maximum Gasteiger partial charge on any atom is 0.0709 e. The highest BCUT2D eigenvalue weighted by Gasteiger charge is 2.03. The molecule has 1 aromatic rings. The summed E-state index contributed by atoms with van der Waals surface area (Å²) in [4.78, 5) is 0. The van der Waals surface area contributed by atoms with Crippen molar-refractivity contribution in [3.8, 4) is 0 Å². The van der Waals surface area contributed by atoms with E-state index in [-0.39, 0.29) is 6.10 Å². The van der Waals surface area contributed by atoms with E-state index in [1.165, 1.54) is 5.56 Å². The number of anilines is 1. The highest BCUT2D eigenvalue weighted by Crippen LogP contribution is 2.23. The van der Waals surface area contributed by atoms with Crippen molar-refractivity contribution in [2.75, 3.05) is 11.9 Å². The van der Waals surface area contributed by atoms with E-state index in [1.54, 1.807) is 0 Å². The Balaban J connectivity index is 2.63. The lowest BCUT2D eigenvalue weighted by Crippen LogP contribution is -2.18. The van der Waals surface area contributed by atoms with E-state index in [1.807, 2.05) is 32.0 Å². The van der Waals surface area contributed by atoms with Crippen LogP contribution in [0.3, 0.4) is 0 Å². The lowest BCUT2D eigenvalue weighted by atomic mass is 10.2. The number of aliphatic hydroxyl groups is 1. The second kappa shape index (κ2) is 5.37. The van der Waals surface area contributed by atoms with Gasteiger partial charge in [0.05, 0.1) is 6.10 Å². The van der Waals surface area contributed by atoms with Crippen molar-refractivity contribution >= 4 is 21.6 Å². The van der Waals surface area contributed by atoms with Crippen LogP contribution in [-0.2, 0) is 0 Å². The smallest absolute Gasteiger partial charge is 0.0709 e. The fourth-order valence-electron chi connectivity index (χ4n) is 1.17. The van der Waals surface area contributed by atoms with Crippen LogP contribution >= 0.6 is 15.9 Å². The molecule has 0 aromatic heterocycles. The van der Waals surface area contributed by atoms with Crippen molar-refractivity contribution in [3.63, 3.8) is 0 Å². The molecule has 0 spiro atoms. The summed E-state index contributed by atoms with van der Waals surface area (Å²) in [5, 5.41) is 12.6. The summed E-state index contributed by atoms with van der Waals surface area (Å²) >= 11 is 3.47. The fourth-order valence-corrected chi connectivity index (χ4v) is 1.54. The Morgan fingerprint density at radius 2 is 2.21 bits per heavy atom. The molecule has 14 heavy (non-hydrogen) atoms. The normalized spacial score (nSPS) is 12.6. The lowest BCUT2D eigenvalue weighted by molar-refractivity contribution is 0.183. The molecular weight excluding hydrogens is 242 g/mol. The van der Waals surface area contributed by atoms with E-state index in [4.69, 9.17) is 0 Å². The molecule has 78 valence electrons. The Morgan fingerprint density at radius 1 is 1.50 bits per heavy atom. The Hall–Kier alpha value is -0.540. The molecule has 0 aliphatic rings. The summed E-state index contributed by atoms with van der Waals surface area (Å²) < 4.78 is 1.09. The summed E-state index contributed by atoms with van der Waals surface area (Å²) in [6.07, 6.45) is 0.508. The standard InChI is InChI=1S/C11H16BrNO/c1-3-9(14)7-13-11-6-4-5-10(12)8(11)2/h4-6,9,13-14H,3,7H2,1-2H3. The van der Waals surface area contributed by atoms with E-state index < -0.39 is 0 Å². The van der Waals surface area contributed by atoms with Crippen molar-refractivity contribution < 1.29 is 5.11 Å². The molecule has 2 N–H and O–H groups in total. The van der Waals surface area contributed by atoms with E-state index in [0.29, 0.717) is 6.54 Å². The molecule has 0 bridgehead atoms. The maximum atomic E-state index is 9.41. The minimum Gasteiger partial charge on any atom is -0.391 e. The van der Waals surface area contributed by atoms with Gasteiger partial charge in [-0.05, 0) is 31.0 Å². The molecule has 0 aliphatic carbocycles. The number of nitrogens with one attached hydrogen (secondary N) is 1. The summed E-state index contributed by atoms with van der Waals surface area (Å²) in [6.45, 7) is 4.62. The van der Waals surface area contributed by atoms with Crippen LogP contribution in [0.2, 0.25) is 0 Å². The molecule has 0 amide bonds. The summed E-state index contributed by atoms with van der Waals surface area (Å²) in [7, 11) is 0. The van der Waals surface area contributed by atoms with Gasteiger partial charge in [0.25, 0.3) is 0 Å². The SMILES string of the molecule is CCC(O)CNc1cccc(Br)c1C. The van der Waals surface area contributed by atoms with E-state index in [2.05, 4.69) is 21.2 Å². The molecule has 0 saturated carbocycles. The molecule has 0 heterocycles. The molecule has 0 fully saturated rings. The molecule has 0 aliphatic heterocycles. The zero-order valence-electron chi connectivity index (χ0n) is 8.55. The van der Waals surface area contributed by atoms with Crippen LogP contribution in [0.1, 0.15) is 18.9 Å². The van der Waals surface area contributed by atoms with Crippen molar-refractivity contribution in [3.05, 3.63) is 28.2 Å².